The summed E-state index contributed by atoms with van der Waals surface area (Å²) in [6.45, 7) is 5.14. The van der Waals surface area contributed by atoms with Crippen LogP contribution in [0.5, 0.6) is 0 Å². The molecule has 3 nitrogen and oxygen atoms in total. The Kier molecular flexibility index (Phi) is 4.53. The van der Waals surface area contributed by atoms with E-state index in [2.05, 4.69) is 48.4 Å². The number of hydrogen-bond acceptors (Lipinski definition) is 3. The van der Waals surface area contributed by atoms with E-state index in [1.54, 1.807) is 6.20 Å². The van der Waals surface area contributed by atoms with Gasteiger partial charge in [-0.1, -0.05) is 38.1 Å². The van der Waals surface area contributed by atoms with E-state index >= 15 is 0 Å². The van der Waals surface area contributed by atoms with Gasteiger partial charge in [-0.3, -0.25) is 4.98 Å². The van der Waals surface area contributed by atoms with Crippen LogP contribution in [-0.4, -0.2) is 11.5 Å². The molecule has 1 heterocycles. The largest absolute Gasteiger partial charge is 0.398 e. The molecule has 0 fully saturated rings. The smallest absolute Gasteiger partial charge is 0.0612 e. The molecule has 0 aliphatic carbocycles. The second-order valence-electron chi connectivity index (χ2n) is 4.59. The first-order valence-corrected chi connectivity index (χ1v) is 6.77. The first-order chi connectivity index (χ1) is 9.26. The Bertz CT molecular complexity index is 520. The minimum atomic E-state index is 0.101. The van der Waals surface area contributed by atoms with Crippen molar-refractivity contribution in [1.29, 1.82) is 0 Å². The summed E-state index contributed by atoms with van der Waals surface area (Å²) in [7, 11) is 0. The van der Waals surface area contributed by atoms with Gasteiger partial charge in [0, 0.05) is 23.6 Å². The van der Waals surface area contributed by atoms with Gasteiger partial charge in [-0.25, -0.2) is 0 Å². The van der Waals surface area contributed by atoms with Crippen LogP contribution in [0.4, 0.5) is 5.69 Å². The number of anilines is 1. The van der Waals surface area contributed by atoms with Gasteiger partial charge in [0.2, 0.25) is 0 Å². The lowest BCUT2D eigenvalue weighted by molar-refractivity contribution is 0.630. The van der Waals surface area contributed by atoms with Crippen molar-refractivity contribution in [3.05, 3.63) is 59.4 Å². The van der Waals surface area contributed by atoms with Gasteiger partial charge in [0.1, 0.15) is 0 Å². The number of hydrogen-bond donors (Lipinski definition) is 2. The molecule has 3 N–H and O–H groups in total. The van der Waals surface area contributed by atoms with Gasteiger partial charge in [0.25, 0.3) is 0 Å². The third-order valence-corrected chi connectivity index (χ3v) is 3.33. The highest BCUT2D eigenvalue weighted by Gasteiger charge is 2.15. The monoisotopic (exact) mass is 255 g/mol. The van der Waals surface area contributed by atoms with Crippen LogP contribution in [0.3, 0.4) is 0 Å². The predicted octanol–water partition coefficient (Wildman–Crippen LogP) is 2.93. The van der Waals surface area contributed by atoms with E-state index in [0.29, 0.717) is 0 Å². The molecule has 19 heavy (non-hydrogen) atoms. The van der Waals surface area contributed by atoms with E-state index in [1.807, 2.05) is 12.3 Å². The molecule has 0 radical (unpaired) electrons. The molecule has 0 aliphatic heterocycles. The van der Waals surface area contributed by atoms with Crippen molar-refractivity contribution in [1.82, 2.24) is 10.3 Å². The molecule has 0 saturated carbocycles. The molecule has 0 saturated heterocycles. The lowest BCUT2D eigenvalue weighted by Crippen LogP contribution is -2.23. The summed E-state index contributed by atoms with van der Waals surface area (Å²) in [6, 6.07) is 10.6. The van der Waals surface area contributed by atoms with Crippen molar-refractivity contribution < 1.29 is 0 Å². The number of nitrogen functional groups attached to an aromatic ring is 1. The Balaban J connectivity index is 2.36. The number of rotatable bonds is 5. The van der Waals surface area contributed by atoms with Gasteiger partial charge in [-0.2, -0.15) is 0 Å². The molecule has 2 rings (SSSR count). The van der Waals surface area contributed by atoms with Crippen molar-refractivity contribution in [3.63, 3.8) is 0 Å². The molecule has 1 unspecified atom stereocenters. The van der Waals surface area contributed by atoms with Crippen LogP contribution in [0.2, 0.25) is 0 Å². The highest BCUT2D eigenvalue weighted by molar-refractivity contribution is 5.49. The average Bonchev–Trinajstić information content (AvgIpc) is 2.46. The predicted molar refractivity (Wildman–Crippen MR) is 80.0 cm³/mol. The van der Waals surface area contributed by atoms with Crippen molar-refractivity contribution in [3.8, 4) is 0 Å². The zero-order valence-corrected chi connectivity index (χ0v) is 11.6. The van der Waals surface area contributed by atoms with Crippen LogP contribution >= 0.6 is 0 Å². The highest BCUT2D eigenvalue weighted by Crippen LogP contribution is 2.26. The first kappa shape index (κ1) is 13.6. The Morgan fingerprint density at radius 2 is 1.89 bits per heavy atom. The second kappa shape index (κ2) is 6.34. The molecule has 1 aromatic carbocycles. The van der Waals surface area contributed by atoms with Crippen LogP contribution in [0.25, 0.3) is 0 Å². The maximum atomic E-state index is 6.07. The van der Waals surface area contributed by atoms with E-state index in [1.165, 1.54) is 11.1 Å². The van der Waals surface area contributed by atoms with E-state index in [4.69, 9.17) is 5.73 Å². The van der Waals surface area contributed by atoms with Crippen molar-refractivity contribution in [2.75, 3.05) is 12.3 Å². The molecule has 1 atom stereocenters. The molecule has 3 heteroatoms. The summed E-state index contributed by atoms with van der Waals surface area (Å²) in [6.07, 6.45) is 4.62. The number of nitrogens with zero attached hydrogens (tertiary/aromatic N) is 1. The Morgan fingerprint density at radius 1 is 1.16 bits per heavy atom. The lowest BCUT2D eigenvalue weighted by Gasteiger charge is -2.20. The topological polar surface area (TPSA) is 50.9 Å². The summed E-state index contributed by atoms with van der Waals surface area (Å²) >= 11 is 0. The number of benzene rings is 1. The fourth-order valence-electron chi connectivity index (χ4n) is 2.22. The van der Waals surface area contributed by atoms with Crippen LogP contribution in [0, 0.1) is 0 Å². The quantitative estimate of drug-likeness (QED) is 0.863. The van der Waals surface area contributed by atoms with Crippen LogP contribution in [0.1, 0.15) is 36.6 Å². The third kappa shape index (κ3) is 3.12. The molecular formula is C16H21N3. The maximum absolute atomic E-state index is 6.07. The maximum Gasteiger partial charge on any atom is 0.0612 e. The van der Waals surface area contributed by atoms with Crippen LogP contribution in [-0.2, 0) is 6.42 Å². The number of nitrogens with one attached hydrogen (secondary N) is 1. The second-order valence-corrected chi connectivity index (χ2v) is 4.59. The Labute approximate surface area is 114 Å². The Morgan fingerprint density at radius 3 is 2.47 bits per heavy atom. The summed E-state index contributed by atoms with van der Waals surface area (Å²) in [4.78, 5) is 4.19. The molecule has 0 bridgehead atoms. The number of nitrogens with two attached hydrogens (primary N) is 1. The minimum Gasteiger partial charge on any atom is -0.398 e. The van der Waals surface area contributed by atoms with Crippen molar-refractivity contribution in [2.45, 2.75) is 26.3 Å². The summed E-state index contributed by atoms with van der Waals surface area (Å²) in [5.41, 5.74) is 10.4. The van der Waals surface area contributed by atoms with Gasteiger partial charge in [0.15, 0.2) is 0 Å². The minimum absolute atomic E-state index is 0.101. The molecule has 2 aromatic rings. The van der Waals surface area contributed by atoms with Crippen molar-refractivity contribution >= 4 is 5.69 Å². The number of pyridine rings is 1. The van der Waals surface area contributed by atoms with Gasteiger partial charge >= 0.3 is 0 Å². The van der Waals surface area contributed by atoms with Gasteiger partial charge in [-0.15, -0.1) is 0 Å². The number of aromatic nitrogens is 1. The average molecular weight is 255 g/mol. The van der Waals surface area contributed by atoms with Gasteiger partial charge < -0.3 is 11.1 Å². The third-order valence-electron chi connectivity index (χ3n) is 3.33. The Hall–Kier alpha value is -1.87. The molecule has 0 spiro atoms. The molecular weight excluding hydrogens is 234 g/mol. The van der Waals surface area contributed by atoms with Crippen LogP contribution < -0.4 is 11.1 Å². The molecule has 100 valence electrons. The number of aryl methyl sites for hydroxylation is 1. The SMILES string of the molecule is CCNC(c1ccc(CC)cc1)c1cnccc1N. The molecule has 1 aromatic heterocycles. The summed E-state index contributed by atoms with van der Waals surface area (Å²) in [5, 5.41) is 3.47. The van der Waals surface area contributed by atoms with E-state index in [9.17, 15) is 0 Å². The van der Waals surface area contributed by atoms with E-state index < -0.39 is 0 Å². The van der Waals surface area contributed by atoms with Gasteiger partial charge in [0.05, 0.1) is 6.04 Å². The van der Waals surface area contributed by atoms with E-state index in [-0.39, 0.29) is 6.04 Å². The fraction of sp³-hybridized carbons (Fsp3) is 0.312. The lowest BCUT2D eigenvalue weighted by atomic mass is 9.97. The van der Waals surface area contributed by atoms with Crippen molar-refractivity contribution in [2.24, 2.45) is 0 Å². The van der Waals surface area contributed by atoms with E-state index in [0.717, 1.165) is 24.2 Å². The molecule has 0 amide bonds. The standard InChI is InChI=1S/C16H21N3/c1-3-12-5-7-13(8-6-12)16(19-4-2)14-11-18-10-9-15(14)17/h5-11,16,19H,3-4H2,1-2H3,(H2,17,18). The fourth-order valence-corrected chi connectivity index (χ4v) is 2.22. The summed E-state index contributed by atoms with van der Waals surface area (Å²) in [5.74, 6) is 0. The first-order valence-electron chi connectivity index (χ1n) is 6.77. The zero-order valence-electron chi connectivity index (χ0n) is 11.6. The highest BCUT2D eigenvalue weighted by atomic mass is 14.9. The normalized spacial score (nSPS) is 12.3. The molecule has 0 aliphatic rings. The van der Waals surface area contributed by atoms with Crippen LogP contribution in [0.15, 0.2) is 42.7 Å². The summed E-state index contributed by atoms with van der Waals surface area (Å²) < 4.78 is 0. The van der Waals surface area contributed by atoms with Gasteiger partial charge in [-0.05, 0) is 30.2 Å². The zero-order chi connectivity index (χ0) is 13.7.